The Kier molecular flexibility index (Phi) is 2.18. The van der Waals surface area contributed by atoms with Gasteiger partial charge in [0, 0.05) is 23.8 Å². The Balaban J connectivity index is 2.41. The maximum absolute atomic E-state index is 4.98. The monoisotopic (exact) mass is 193 g/mol. The van der Waals surface area contributed by atoms with Crippen molar-refractivity contribution in [2.75, 3.05) is 7.11 Å². The first kappa shape index (κ1) is 8.12. The van der Waals surface area contributed by atoms with Crippen LogP contribution in [-0.2, 0) is 0 Å². The van der Waals surface area contributed by atoms with Crippen molar-refractivity contribution in [1.29, 1.82) is 0 Å². The van der Waals surface area contributed by atoms with Crippen LogP contribution in [0.2, 0.25) is 0 Å². The molecule has 0 spiro atoms. The molecule has 2 aromatic rings. The molecule has 2 aromatic heterocycles. The van der Waals surface area contributed by atoms with Crippen molar-refractivity contribution in [3.8, 4) is 16.7 Å². The molecule has 0 aliphatic rings. The molecular weight excluding hydrogens is 186 g/mol. The molecule has 0 fully saturated rings. The van der Waals surface area contributed by atoms with Crippen molar-refractivity contribution < 1.29 is 4.74 Å². The van der Waals surface area contributed by atoms with E-state index in [9.17, 15) is 0 Å². The van der Waals surface area contributed by atoms with Gasteiger partial charge < -0.3 is 4.74 Å². The predicted octanol–water partition coefficient (Wildman–Crippen LogP) is 1.61. The molecule has 0 amide bonds. The molecule has 0 aliphatic carbocycles. The summed E-state index contributed by atoms with van der Waals surface area (Å²) in [5, 5.41) is 2.69. The van der Waals surface area contributed by atoms with Crippen LogP contribution < -0.4 is 4.74 Å². The number of methoxy groups -OCH3 is 1. The van der Waals surface area contributed by atoms with Gasteiger partial charge >= 0.3 is 0 Å². The lowest BCUT2D eigenvalue weighted by Crippen LogP contribution is -1.91. The van der Waals surface area contributed by atoms with Crippen molar-refractivity contribution in [3.63, 3.8) is 0 Å². The maximum Gasteiger partial charge on any atom is 0.216 e. The molecule has 2 heterocycles. The van der Waals surface area contributed by atoms with E-state index in [1.807, 2.05) is 5.38 Å². The molecule has 0 atom stereocenters. The van der Waals surface area contributed by atoms with Crippen molar-refractivity contribution in [2.24, 2.45) is 0 Å². The zero-order chi connectivity index (χ0) is 9.10. The van der Waals surface area contributed by atoms with E-state index < -0.39 is 0 Å². The standard InChI is InChI=1S/C8H7N3OS/c1-12-6-2-3-9-7(11-6)8-10-4-5-13-8/h2-5H,1H3. The second kappa shape index (κ2) is 3.49. The highest BCUT2D eigenvalue weighted by Crippen LogP contribution is 2.18. The number of hydrogen-bond donors (Lipinski definition) is 0. The lowest BCUT2D eigenvalue weighted by molar-refractivity contribution is 0.397. The second-order valence-electron chi connectivity index (χ2n) is 2.26. The quantitative estimate of drug-likeness (QED) is 0.727. The number of ether oxygens (including phenoxy) is 1. The van der Waals surface area contributed by atoms with Crippen LogP contribution in [0.3, 0.4) is 0 Å². The SMILES string of the molecule is COc1ccnc(-c2nccs2)n1. The van der Waals surface area contributed by atoms with E-state index in [1.165, 1.54) is 11.3 Å². The Morgan fingerprint density at radius 3 is 2.92 bits per heavy atom. The predicted molar refractivity (Wildman–Crippen MR) is 49.7 cm³/mol. The Morgan fingerprint density at radius 1 is 1.31 bits per heavy atom. The van der Waals surface area contributed by atoms with E-state index in [1.54, 1.807) is 25.6 Å². The van der Waals surface area contributed by atoms with Crippen molar-refractivity contribution in [2.45, 2.75) is 0 Å². The third-order valence-corrected chi connectivity index (χ3v) is 2.23. The number of aromatic nitrogens is 3. The zero-order valence-corrected chi connectivity index (χ0v) is 7.78. The second-order valence-corrected chi connectivity index (χ2v) is 3.15. The van der Waals surface area contributed by atoms with Gasteiger partial charge in [0.15, 0.2) is 10.8 Å². The lowest BCUT2D eigenvalue weighted by atomic mass is 10.5. The smallest absolute Gasteiger partial charge is 0.216 e. The molecule has 0 N–H and O–H groups in total. The fraction of sp³-hybridized carbons (Fsp3) is 0.125. The normalized spacial score (nSPS) is 9.92. The Bertz CT molecular complexity index is 388. The number of thiazole rings is 1. The van der Waals surface area contributed by atoms with Gasteiger partial charge in [0.25, 0.3) is 0 Å². The fourth-order valence-corrected chi connectivity index (χ4v) is 1.47. The van der Waals surface area contributed by atoms with Gasteiger partial charge in [-0.25, -0.2) is 9.97 Å². The molecule has 0 radical (unpaired) electrons. The van der Waals surface area contributed by atoms with Crippen LogP contribution in [0, 0.1) is 0 Å². The summed E-state index contributed by atoms with van der Waals surface area (Å²) in [6.07, 6.45) is 3.38. The van der Waals surface area contributed by atoms with Crippen LogP contribution in [0.4, 0.5) is 0 Å². The average Bonchev–Trinajstić information content (AvgIpc) is 2.71. The largest absolute Gasteiger partial charge is 0.481 e. The van der Waals surface area contributed by atoms with Gasteiger partial charge in [-0.2, -0.15) is 4.98 Å². The molecule has 4 nitrogen and oxygen atoms in total. The number of rotatable bonds is 2. The third kappa shape index (κ3) is 1.65. The summed E-state index contributed by atoms with van der Waals surface area (Å²) >= 11 is 1.50. The van der Waals surface area contributed by atoms with E-state index in [4.69, 9.17) is 4.74 Å². The molecule has 66 valence electrons. The van der Waals surface area contributed by atoms with Crippen LogP contribution in [-0.4, -0.2) is 22.1 Å². The van der Waals surface area contributed by atoms with Crippen LogP contribution in [0.5, 0.6) is 5.88 Å². The Hall–Kier alpha value is -1.49. The van der Waals surface area contributed by atoms with Gasteiger partial charge in [0.2, 0.25) is 5.88 Å². The summed E-state index contributed by atoms with van der Waals surface area (Å²) in [5.41, 5.74) is 0. The molecule has 13 heavy (non-hydrogen) atoms. The van der Waals surface area contributed by atoms with E-state index in [0.717, 1.165) is 5.01 Å². The topological polar surface area (TPSA) is 47.9 Å². The highest BCUT2D eigenvalue weighted by molar-refractivity contribution is 7.12. The molecule has 0 aromatic carbocycles. The van der Waals surface area contributed by atoms with E-state index in [-0.39, 0.29) is 0 Å². The van der Waals surface area contributed by atoms with Gasteiger partial charge in [-0.1, -0.05) is 0 Å². The summed E-state index contributed by atoms with van der Waals surface area (Å²) in [6, 6.07) is 1.71. The molecule has 5 heteroatoms. The molecule has 0 aliphatic heterocycles. The Labute approximate surface area is 79.3 Å². The molecular formula is C8H7N3OS. The van der Waals surface area contributed by atoms with Gasteiger partial charge in [-0.15, -0.1) is 11.3 Å². The molecule has 0 saturated carbocycles. The van der Waals surface area contributed by atoms with Crippen LogP contribution >= 0.6 is 11.3 Å². The molecule has 0 saturated heterocycles. The summed E-state index contributed by atoms with van der Waals surface area (Å²) in [4.78, 5) is 12.3. The average molecular weight is 193 g/mol. The van der Waals surface area contributed by atoms with Crippen LogP contribution in [0.25, 0.3) is 10.8 Å². The summed E-state index contributed by atoms with van der Waals surface area (Å²) in [6.45, 7) is 0. The van der Waals surface area contributed by atoms with E-state index in [2.05, 4.69) is 15.0 Å². The lowest BCUT2D eigenvalue weighted by Gasteiger charge is -1.98. The number of hydrogen-bond acceptors (Lipinski definition) is 5. The first-order valence-electron chi connectivity index (χ1n) is 3.67. The third-order valence-electron chi connectivity index (χ3n) is 1.46. The summed E-state index contributed by atoms with van der Waals surface area (Å²) in [5.74, 6) is 1.16. The van der Waals surface area contributed by atoms with Gasteiger partial charge in [-0.3, -0.25) is 0 Å². The minimum absolute atomic E-state index is 0.556. The molecule has 2 rings (SSSR count). The number of nitrogens with zero attached hydrogens (tertiary/aromatic N) is 3. The highest BCUT2D eigenvalue weighted by atomic mass is 32.1. The van der Waals surface area contributed by atoms with Gasteiger partial charge in [0.05, 0.1) is 7.11 Å². The van der Waals surface area contributed by atoms with Crippen LogP contribution in [0.15, 0.2) is 23.8 Å². The summed E-state index contributed by atoms with van der Waals surface area (Å²) < 4.78 is 4.98. The first-order valence-corrected chi connectivity index (χ1v) is 4.55. The van der Waals surface area contributed by atoms with Crippen molar-refractivity contribution in [3.05, 3.63) is 23.8 Å². The van der Waals surface area contributed by atoms with E-state index in [0.29, 0.717) is 11.7 Å². The summed E-state index contributed by atoms with van der Waals surface area (Å²) in [7, 11) is 1.58. The first-order chi connectivity index (χ1) is 6.40. The highest BCUT2D eigenvalue weighted by Gasteiger charge is 2.04. The molecule has 0 unspecified atom stereocenters. The maximum atomic E-state index is 4.98. The van der Waals surface area contributed by atoms with Crippen LogP contribution in [0.1, 0.15) is 0 Å². The van der Waals surface area contributed by atoms with Gasteiger partial charge in [0.1, 0.15) is 0 Å². The minimum atomic E-state index is 0.556. The van der Waals surface area contributed by atoms with Crippen molar-refractivity contribution >= 4 is 11.3 Å². The minimum Gasteiger partial charge on any atom is -0.481 e. The van der Waals surface area contributed by atoms with E-state index >= 15 is 0 Å². The Morgan fingerprint density at radius 2 is 2.23 bits per heavy atom. The van der Waals surface area contributed by atoms with Crippen molar-refractivity contribution in [1.82, 2.24) is 15.0 Å². The fourth-order valence-electron chi connectivity index (χ4n) is 0.893. The zero-order valence-electron chi connectivity index (χ0n) is 6.97. The molecule has 0 bridgehead atoms. The van der Waals surface area contributed by atoms with Gasteiger partial charge in [-0.05, 0) is 0 Å².